The van der Waals surface area contributed by atoms with Gasteiger partial charge in [-0.05, 0) is 46.6 Å². The summed E-state index contributed by atoms with van der Waals surface area (Å²) in [7, 11) is 0. The SMILES string of the molecule is Cc1ccc(Br)c(-n2ccc(C(=O)O)n2)c1. The van der Waals surface area contributed by atoms with Crippen LogP contribution in [0, 0.1) is 6.92 Å². The largest absolute Gasteiger partial charge is 0.476 e. The number of aromatic nitrogens is 2. The number of aromatic carboxylic acids is 1. The Kier molecular flexibility index (Phi) is 2.78. The zero-order valence-electron chi connectivity index (χ0n) is 8.51. The van der Waals surface area contributed by atoms with Crippen molar-refractivity contribution < 1.29 is 9.90 Å². The van der Waals surface area contributed by atoms with E-state index in [9.17, 15) is 4.79 Å². The van der Waals surface area contributed by atoms with Crippen LogP contribution in [-0.4, -0.2) is 20.9 Å². The molecule has 0 saturated heterocycles. The molecule has 0 spiro atoms. The number of hydrogen-bond donors (Lipinski definition) is 1. The summed E-state index contributed by atoms with van der Waals surface area (Å²) in [6.45, 7) is 1.97. The molecule has 4 nitrogen and oxygen atoms in total. The van der Waals surface area contributed by atoms with E-state index in [-0.39, 0.29) is 5.69 Å². The number of carbonyl (C=O) groups is 1. The maximum absolute atomic E-state index is 10.7. The fourth-order valence-electron chi connectivity index (χ4n) is 1.37. The summed E-state index contributed by atoms with van der Waals surface area (Å²) in [5.41, 5.74) is 1.95. The van der Waals surface area contributed by atoms with E-state index in [1.807, 2.05) is 25.1 Å². The summed E-state index contributed by atoms with van der Waals surface area (Å²) in [5, 5.41) is 12.8. The van der Waals surface area contributed by atoms with Crippen molar-refractivity contribution in [2.45, 2.75) is 6.92 Å². The molecule has 16 heavy (non-hydrogen) atoms. The lowest BCUT2D eigenvalue weighted by Crippen LogP contribution is -2.01. The Morgan fingerprint density at radius 1 is 1.44 bits per heavy atom. The van der Waals surface area contributed by atoms with E-state index in [0.29, 0.717) is 0 Å². The molecule has 0 aliphatic heterocycles. The van der Waals surface area contributed by atoms with Gasteiger partial charge in [0.2, 0.25) is 0 Å². The molecule has 0 saturated carbocycles. The number of aryl methyl sites for hydroxylation is 1. The first-order chi connectivity index (χ1) is 7.58. The number of carboxylic acid groups (broad SMARTS) is 1. The van der Waals surface area contributed by atoms with Crippen molar-refractivity contribution in [1.82, 2.24) is 9.78 Å². The van der Waals surface area contributed by atoms with Gasteiger partial charge >= 0.3 is 5.97 Å². The number of rotatable bonds is 2. The lowest BCUT2D eigenvalue weighted by atomic mass is 10.2. The first-order valence-electron chi connectivity index (χ1n) is 4.63. The summed E-state index contributed by atoms with van der Waals surface area (Å²) in [6, 6.07) is 7.28. The average Bonchev–Trinajstić information content (AvgIpc) is 2.70. The maximum atomic E-state index is 10.7. The van der Waals surface area contributed by atoms with Crippen molar-refractivity contribution in [3.8, 4) is 5.69 Å². The standard InChI is InChI=1S/C11H9BrN2O2/c1-7-2-3-8(12)10(6-7)14-5-4-9(13-14)11(15)16/h2-6H,1H3,(H,15,16). The minimum Gasteiger partial charge on any atom is -0.476 e. The fourth-order valence-corrected chi connectivity index (χ4v) is 1.80. The fraction of sp³-hybridized carbons (Fsp3) is 0.0909. The second-order valence-electron chi connectivity index (χ2n) is 3.41. The van der Waals surface area contributed by atoms with Crippen LogP contribution in [-0.2, 0) is 0 Å². The van der Waals surface area contributed by atoms with Crippen molar-refractivity contribution in [2.24, 2.45) is 0 Å². The minimum atomic E-state index is -1.03. The summed E-state index contributed by atoms with van der Waals surface area (Å²) in [6.07, 6.45) is 1.63. The Balaban J connectivity index is 2.50. The molecule has 0 amide bonds. The van der Waals surface area contributed by atoms with E-state index in [2.05, 4.69) is 21.0 Å². The number of nitrogens with zero attached hydrogens (tertiary/aromatic N) is 2. The lowest BCUT2D eigenvalue weighted by Gasteiger charge is -2.05. The number of halogens is 1. The van der Waals surface area contributed by atoms with Crippen molar-refractivity contribution >= 4 is 21.9 Å². The molecule has 0 aliphatic carbocycles. The average molecular weight is 281 g/mol. The van der Waals surface area contributed by atoms with Crippen molar-refractivity contribution in [1.29, 1.82) is 0 Å². The van der Waals surface area contributed by atoms with Gasteiger partial charge in [0, 0.05) is 10.7 Å². The van der Waals surface area contributed by atoms with E-state index in [0.717, 1.165) is 15.7 Å². The van der Waals surface area contributed by atoms with Gasteiger partial charge in [0.05, 0.1) is 5.69 Å². The van der Waals surface area contributed by atoms with Crippen LogP contribution in [0.3, 0.4) is 0 Å². The molecule has 2 rings (SSSR count). The van der Waals surface area contributed by atoms with Gasteiger partial charge < -0.3 is 5.11 Å². The third-order valence-corrected chi connectivity index (χ3v) is 2.83. The highest BCUT2D eigenvalue weighted by Gasteiger charge is 2.09. The molecule has 0 fully saturated rings. The normalized spacial score (nSPS) is 10.4. The molecule has 0 unspecified atom stereocenters. The topological polar surface area (TPSA) is 55.1 Å². The Bertz CT molecular complexity index is 549. The highest BCUT2D eigenvalue weighted by molar-refractivity contribution is 9.10. The van der Waals surface area contributed by atoms with Gasteiger partial charge in [0.1, 0.15) is 0 Å². The highest BCUT2D eigenvalue weighted by Crippen LogP contribution is 2.21. The van der Waals surface area contributed by atoms with Crippen molar-refractivity contribution in [2.75, 3.05) is 0 Å². The third-order valence-electron chi connectivity index (χ3n) is 2.16. The van der Waals surface area contributed by atoms with E-state index < -0.39 is 5.97 Å². The molecule has 2 aromatic rings. The second kappa shape index (κ2) is 4.09. The van der Waals surface area contributed by atoms with Crippen LogP contribution in [0.4, 0.5) is 0 Å². The van der Waals surface area contributed by atoms with Gasteiger partial charge in [0.15, 0.2) is 5.69 Å². The van der Waals surface area contributed by atoms with E-state index in [1.165, 1.54) is 6.07 Å². The smallest absolute Gasteiger partial charge is 0.356 e. The summed E-state index contributed by atoms with van der Waals surface area (Å²) in [5.74, 6) is -1.03. The molecule has 1 aromatic carbocycles. The van der Waals surface area contributed by atoms with Gasteiger partial charge in [-0.25, -0.2) is 9.48 Å². The van der Waals surface area contributed by atoms with Gasteiger partial charge in [-0.1, -0.05) is 6.07 Å². The Morgan fingerprint density at radius 3 is 2.81 bits per heavy atom. The second-order valence-corrected chi connectivity index (χ2v) is 4.26. The van der Waals surface area contributed by atoms with Gasteiger partial charge in [-0.15, -0.1) is 0 Å². The van der Waals surface area contributed by atoms with Crippen molar-refractivity contribution in [3.63, 3.8) is 0 Å². The summed E-state index contributed by atoms with van der Waals surface area (Å²) < 4.78 is 2.42. The number of benzene rings is 1. The van der Waals surface area contributed by atoms with E-state index in [4.69, 9.17) is 5.11 Å². The molecule has 0 atom stereocenters. The maximum Gasteiger partial charge on any atom is 0.356 e. The van der Waals surface area contributed by atoms with Crippen LogP contribution in [0.15, 0.2) is 34.9 Å². The Labute approximate surface area is 101 Å². The first-order valence-corrected chi connectivity index (χ1v) is 5.43. The Morgan fingerprint density at radius 2 is 2.19 bits per heavy atom. The predicted octanol–water partition coefficient (Wildman–Crippen LogP) is 2.64. The van der Waals surface area contributed by atoms with Crippen LogP contribution in [0.2, 0.25) is 0 Å². The number of hydrogen-bond acceptors (Lipinski definition) is 2. The molecule has 82 valence electrons. The van der Waals surface area contributed by atoms with Crippen LogP contribution in [0.5, 0.6) is 0 Å². The molecule has 1 aromatic heterocycles. The van der Waals surface area contributed by atoms with Crippen LogP contribution < -0.4 is 0 Å². The molecule has 0 radical (unpaired) electrons. The molecule has 5 heteroatoms. The van der Waals surface area contributed by atoms with Crippen LogP contribution in [0.1, 0.15) is 16.1 Å². The lowest BCUT2D eigenvalue weighted by molar-refractivity contribution is 0.0690. The molecule has 1 N–H and O–H groups in total. The highest BCUT2D eigenvalue weighted by atomic mass is 79.9. The molecule has 1 heterocycles. The molecular formula is C11H9BrN2O2. The number of carboxylic acids is 1. The van der Waals surface area contributed by atoms with E-state index in [1.54, 1.807) is 10.9 Å². The van der Waals surface area contributed by atoms with Gasteiger partial charge in [-0.3, -0.25) is 0 Å². The van der Waals surface area contributed by atoms with Crippen LogP contribution in [0.25, 0.3) is 5.69 Å². The zero-order chi connectivity index (χ0) is 11.7. The van der Waals surface area contributed by atoms with E-state index >= 15 is 0 Å². The monoisotopic (exact) mass is 280 g/mol. The Hall–Kier alpha value is -1.62. The zero-order valence-corrected chi connectivity index (χ0v) is 10.1. The quantitative estimate of drug-likeness (QED) is 0.920. The van der Waals surface area contributed by atoms with Crippen LogP contribution >= 0.6 is 15.9 Å². The molecule has 0 bridgehead atoms. The van der Waals surface area contributed by atoms with Crippen molar-refractivity contribution in [3.05, 3.63) is 46.2 Å². The predicted molar refractivity (Wildman–Crippen MR) is 63.0 cm³/mol. The summed E-state index contributed by atoms with van der Waals surface area (Å²) >= 11 is 3.41. The molecule has 0 aliphatic rings. The van der Waals surface area contributed by atoms with Gasteiger partial charge in [-0.2, -0.15) is 5.10 Å². The van der Waals surface area contributed by atoms with Gasteiger partial charge in [0.25, 0.3) is 0 Å². The molecular weight excluding hydrogens is 272 g/mol. The first kappa shape index (κ1) is 10.9. The minimum absolute atomic E-state index is 0.0356. The third kappa shape index (κ3) is 1.99. The summed E-state index contributed by atoms with van der Waals surface area (Å²) in [4.78, 5) is 10.7.